The second-order valence-electron chi connectivity index (χ2n) is 3.84. The molecule has 0 saturated carbocycles. The molecule has 96 valence electrons. The number of halogens is 4. The Morgan fingerprint density at radius 1 is 1.05 bits per heavy atom. The molecule has 0 aliphatic carbocycles. The Kier molecular flexibility index (Phi) is 2.88. The number of hydrogen-bond donors (Lipinski definition) is 1. The van der Waals surface area contributed by atoms with Gasteiger partial charge in [0.2, 0.25) is 0 Å². The summed E-state index contributed by atoms with van der Waals surface area (Å²) in [5.74, 6) is -0.976. The molecular formula is C12H5Cl2F2N3. The van der Waals surface area contributed by atoms with Crippen LogP contribution in [0.25, 0.3) is 22.6 Å². The van der Waals surface area contributed by atoms with Gasteiger partial charge in [0.15, 0.2) is 5.65 Å². The van der Waals surface area contributed by atoms with Crippen LogP contribution in [-0.4, -0.2) is 15.0 Å². The molecule has 3 rings (SSSR count). The Morgan fingerprint density at radius 3 is 2.63 bits per heavy atom. The molecule has 0 saturated heterocycles. The molecule has 19 heavy (non-hydrogen) atoms. The number of imidazole rings is 1. The number of nitrogens with zero attached hydrogens (tertiary/aromatic N) is 2. The third kappa shape index (κ3) is 2.15. The van der Waals surface area contributed by atoms with E-state index in [9.17, 15) is 8.78 Å². The van der Waals surface area contributed by atoms with Crippen molar-refractivity contribution in [2.45, 2.75) is 0 Å². The van der Waals surface area contributed by atoms with Crippen LogP contribution in [0, 0.1) is 11.6 Å². The number of H-pyrrole nitrogens is 1. The van der Waals surface area contributed by atoms with E-state index < -0.39 is 11.6 Å². The molecule has 0 radical (unpaired) electrons. The van der Waals surface area contributed by atoms with Crippen LogP contribution in [0.2, 0.25) is 10.2 Å². The minimum absolute atomic E-state index is 0.0187. The molecule has 3 nitrogen and oxygen atoms in total. The standard InChI is InChI=1S/C12H5Cl2F2N3/c13-7-4-9-12(18-10(7)14)19-11(17-9)6-3-5(15)1-2-8(6)16/h1-4H,(H,17,18,19). The summed E-state index contributed by atoms with van der Waals surface area (Å²) >= 11 is 11.6. The van der Waals surface area contributed by atoms with Crippen LogP contribution in [0.3, 0.4) is 0 Å². The van der Waals surface area contributed by atoms with Gasteiger partial charge >= 0.3 is 0 Å². The molecule has 0 fully saturated rings. The summed E-state index contributed by atoms with van der Waals surface area (Å²) in [6.45, 7) is 0. The van der Waals surface area contributed by atoms with Crippen LogP contribution in [0.5, 0.6) is 0 Å². The van der Waals surface area contributed by atoms with Crippen LogP contribution in [0.1, 0.15) is 0 Å². The maximum Gasteiger partial charge on any atom is 0.179 e. The summed E-state index contributed by atoms with van der Waals surface area (Å²) in [5, 5.41) is 0.357. The molecule has 1 N–H and O–H groups in total. The van der Waals surface area contributed by atoms with Crippen molar-refractivity contribution in [3.63, 3.8) is 0 Å². The fraction of sp³-hybridized carbons (Fsp3) is 0. The van der Waals surface area contributed by atoms with Crippen LogP contribution in [0.15, 0.2) is 24.3 Å². The highest BCUT2D eigenvalue weighted by molar-refractivity contribution is 6.41. The van der Waals surface area contributed by atoms with Crippen molar-refractivity contribution in [3.8, 4) is 11.4 Å². The van der Waals surface area contributed by atoms with Crippen LogP contribution in [0.4, 0.5) is 8.78 Å². The summed E-state index contributed by atoms with van der Waals surface area (Å²) < 4.78 is 26.8. The number of pyridine rings is 1. The smallest absolute Gasteiger partial charge is 0.179 e. The van der Waals surface area contributed by atoms with E-state index in [0.29, 0.717) is 5.52 Å². The maximum absolute atomic E-state index is 13.6. The van der Waals surface area contributed by atoms with Gasteiger partial charge in [-0.3, -0.25) is 0 Å². The van der Waals surface area contributed by atoms with E-state index in [-0.39, 0.29) is 27.2 Å². The zero-order valence-corrected chi connectivity index (χ0v) is 10.7. The lowest BCUT2D eigenvalue weighted by molar-refractivity contribution is 0.602. The maximum atomic E-state index is 13.6. The third-order valence-electron chi connectivity index (χ3n) is 2.57. The number of aromatic amines is 1. The molecule has 2 heterocycles. The summed E-state index contributed by atoms with van der Waals surface area (Å²) in [6, 6.07) is 4.65. The van der Waals surface area contributed by atoms with Gasteiger partial charge in [-0.05, 0) is 24.3 Å². The lowest BCUT2D eigenvalue weighted by Gasteiger charge is -1.98. The first-order chi connectivity index (χ1) is 9.04. The number of aromatic nitrogens is 3. The molecule has 0 aliphatic heterocycles. The number of fused-ring (bicyclic) bond motifs is 1. The van der Waals surface area contributed by atoms with E-state index in [2.05, 4.69) is 15.0 Å². The predicted octanol–water partition coefficient (Wildman–Crippen LogP) is 4.21. The topological polar surface area (TPSA) is 41.6 Å². The van der Waals surface area contributed by atoms with Crippen molar-refractivity contribution in [1.82, 2.24) is 15.0 Å². The highest BCUT2D eigenvalue weighted by atomic mass is 35.5. The summed E-state index contributed by atoms with van der Waals surface area (Å²) in [7, 11) is 0. The molecule has 0 amide bonds. The summed E-state index contributed by atoms with van der Waals surface area (Å²) in [5.41, 5.74) is 0.798. The van der Waals surface area contributed by atoms with E-state index in [1.54, 1.807) is 0 Å². The molecule has 2 aromatic heterocycles. The van der Waals surface area contributed by atoms with Crippen molar-refractivity contribution >= 4 is 34.4 Å². The second kappa shape index (κ2) is 4.43. The average molecular weight is 300 g/mol. The van der Waals surface area contributed by atoms with E-state index >= 15 is 0 Å². The van der Waals surface area contributed by atoms with E-state index in [0.717, 1.165) is 18.2 Å². The molecule has 0 spiro atoms. The minimum atomic E-state index is -0.586. The lowest BCUT2D eigenvalue weighted by atomic mass is 10.2. The first-order valence-electron chi connectivity index (χ1n) is 5.22. The molecule has 0 unspecified atom stereocenters. The van der Waals surface area contributed by atoms with Crippen molar-refractivity contribution in [2.75, 3.05) is 0 Å². The first kappa shape index (κ1) is 12.3. The van der Waals surface area contributed by atoms with Crippen molar-refractivity contribution in [1.29, 1.82) is 0 Å². The van der Waals surface area contributed by atoms with Crippen molar-refractivity contribution < 1.29 is 8.78 Å². The SMILES string of the molecule is Fc1ccc(F)c(-c2nc3nc(Cl)c(Cl)cc3[nH]2)c1. The van der Waals surface area contributed by atoms with Gasteiger partial charge in [0.25, 0.3) is 0 Å². The van der Waals surface area contributed by atoms with Gasteiger partial charge in [0.1, 0.15) is 22.6 Å². The fourth-order valence-corrected chi connectivity index (χ4v) is 1.99. The molecule has 0 atom stereocenters. The highest BCUT2D eigenvalue weighted by Gasteiger charge is 2.13. The molecular weight excluding hydrogens is 295 g/mol. The monoisotopic (exact) mass is 299 g/mol. The van der Waals surface area contributed by atoms with Gasteiger partial charge in [-0.25, -0.2) is 18.7 Å². The minimum Gasteiger partial charge on any atom is -0.336 e. The van der Waals surface area contributed by atoms with Crippen molar-refractivity contribution in [3.05, 3.63) is 46.1 Å². The van der Waals surface area contributed by atoms with Gasteiger partial charge in [-0.2, -0.15) is 0 Å². The van der Waals surface area contributed by atoms with Gasteiger partial charge in [-0.1, -0.05) is 23.2 Å². The first-order valence-corrected chi connectivity index (χ1v) is 5.97. The summed E-state index contributed by atoms with van der Waals surface area (Å²) in [4.78, 5) is 10.8. The quantitative estimate of drug-likeness (QED) is 0.684. The number of hydrogen-bond acceptors (Lipinski definition) is 2. The zero-order chi connectivity index (χ0) is 13.6. The van der Waals surface area contributed by atoms with Crippen LogP contribution in [-0.2, 0) is 0 Å². The Hall–Kier alpha value is -1.72. The second-order valence-corrected chi connectivity index (χ2v) is 4.61. The van der Waals surface area contributed by atoms with Gasteiger partial charge in [0.05, 0.1) is 16.1 Å². The Morgan fingerprint density at radius 2 is 1.84 bits per heavy atom. The van der Waals surface area contributed by atoms with E-state index in [4.69, 9.17) is 23.2 Å². The predicted molar refractivity (Wildman–Crippen MR) is 69.3 cm³/mol. The zero-order valence-electron chi connectivity index (χ0n) is 9.22. The van der Waals surface area contributed by atoms with Gasteiger partial charge in [-0.15, -0.1) is 0 Å². The van der Waals surface area contributed by atoms with E-state index in [1.165, 1.54) is 6.07 Å². The normalized spacial score (nSPS) is 11.2. The fourth-order valence-electron chi connectivity index (χ4n) is 1.70. The lowest BCUT2D eigenvalue weighted by Crippen LogP contribution is -1.88. The average Bonchev–Trinajstić information content (AvgIpc) is 2.75. The highest BCUT2D eigenvalue weighted by Crippen LogP contribution is 2.27. The number of benzene rings is 1. The molecule has 0 bridgehead atoms. The van der Waals surface area contributed by atoms with Gasteiger partial charge < -0.3 is 4.98 Å². The Bertz CT molecular complexity index is 747. The van der Waals surface area contributed by atoms with E-state index in [1.807, 2.05) is 0 Å². The Balaban J connectivity index is 2.23. The number of nitrogens with one attached hydrogen (secondary N) is 1. The largest absolute Gasteiger partial charge is 0.336 e. The molecule has 7 heteroatoms. The number of rotatable bonds is 1. The van der Waals surface area contributed by atoms with Gasteiger partial charge in [0, 0.05) is 0 Å². The Labute approximate surface area is 116 Å². The molecule has 0 aliphatic rings. The van der Waals surface area contributed by atoms with Crippen LogP contribution < -0.4 is 0 Å². The van der Waals surface area contributed by atoms with Crippen molar-refractivity contribution in [2.24, 2.45) is 0 Å². The van der Waals surface area contributed by atoms with Crippen LogP contribution >= 0.6 is 23.2 Å². The third-order valence-corrected chi connectivity index (χ3v) is 3.24. The molecule has 3 aromatic rings. The molecule has 1 aromatic carbocycles. The summed E-state index contributed by atoms with van der Waals surface area (Å²) in [6.07, 6.45) is 0.